The zero-order valence-electron chi connectivity index (χ0n) is 51.5. The maximum absolute atomic E-state index is 13.7. The molecule has 0 N–H and O–H groups in total. The van der Waals surface area contributed by atoms with Crippen LogP contribution in [0.4, 0.5) is 12.7 Å². The largest absolute Gasteiger partial charge is 0.532 e. The van der Waals surface area contributed by atoms with Gasteiger partial charge in [0, 0.05) is 27.0 Å². The van der Waals surface area contributed by atoms with Crippen LogP contribution in [0.2, 0.25) is 0 Å². The number of furan rings is 4. The molecule has 4 aromatic carbocycles. The van der Waals surface area contributed by atoms with Gasteiger partial charge in [-0.1, -0.05) is 22.1 Å². The molecule has 12 rings (SSSR count). The number of hydrogen-bond acceptors (Lipinski definition) is 21. The van der Waals surface area contributed by atoms with Crippen molar-refractivity contribution in [2.75, 3.05) is 0 Å². The van der Waals surface area contributed by atoms with E-state index < -0.39 is 86.7 Å². The van der Waals surface area contributed by atoms with Crippen LogP contribution in [0, 0.1) is 18.6 Å². The highest BCUT2D eigenvalue weighted by molar-refractivity contribution is 7.81. The number of aryl methyl sites for hydroxylation is 1. The summed E-state index contributed by atoms with van der Waals surface area (Å²) in [4.78, 5) is 0. The Hall–Kier alpha value is -6.24. The Kier molecular flexibility index (Phi) is 19.8. The van der Waals surface area contributed by atoms with Crippen LogP contribution in [0.5, 0.6) is 5.75 Å². The Morgan fingerprint density at radius 3 is 1.30 bits per heavy atom. The summed E-state index contributed by atoms with van der Waals surface area (Å²) >= 11 is 0. The van der Waals surface area contributed by atoms with Crippen LogP contribution in [0.15, 0.2) is 115 Å². The van der Waals surface area contributed by atoms with E-state index in [0.717, 1.165) is 22.2 Å². The average Bonchev–Trinajstić information content (AvgIpc) is 1.87. The van der Waals surface area contributed by atoms with Crippen molar-refractivity contribution in [2.45, 2.75) is 163 Å². The maximum atomic E-state index is 13.7. The first-order valence-electron chi connectivity index (χ1n) is 27.3. The molecule has 88 heavy (non-hydrogen) atoms. The fourth-order valence-electron chi connectivity index (χ4n) is 9.00. The van der Waals surface area contributed by atoms with Gasteiger partial charge in [0.05, 0.1) is 57.3 Å². The summed E-state index contributed by atoms with van der Waals surface area (Å²) in [7, 11) is -13.6. The van der Waals surface area contributed by atoms with Crippen molar-refractivity contribution in [1.82, 2.24) is 0 Å². The molecule has 0 aliphatic carbocycles. The van der Waals surface area contributed by atoms with Gasteiger partial charge < -0.3 is 59.1 Å². The zero-order chi connectivity index (χ0) is 65.7. The molecular weight excluding hydrogens is 1220 g/mol. The molecule has 4 aromatic heterocycles. The van der Waals surface area contributed by atoms with Crippen LogP contribution in [0.1, 0.15) is 117 Å². The minimum absolute atomic E-state index is 0.131. The molecule has 0 radical (unpaired) electrons. The lowest BCUT2D eigenvalue weighted by molar-refractivity contribution is 0.00578. The molecule has 8 aromatic rings. The number of rotatable bonds is 6. The number of hydrogen-bond donors (Lipinski definition) is 0. The van der Waals surface area contributed by atoms with Gasteiger partial charge in [-0.05, 0) is 195 Å². The van der Waals surface area contributed by atoms with Gasteiger partial charge in [-0.25, -0.2) is 8.78 Å². The predicted octanol–water partition coefficient (Wildman–Crippen LogP) is 9.10. The molecular formula is C57H67B4F3O21S3. The van der Waals surface area contributed by atoms with Gasteiger partial charge in [0.15, 0.2) is 11.3 Å². The normalized spacial score (nSPS) is 19.5. The van der Waals surface area contributed by atoms with E-state index >= 15 is 0 Å². The number of halogens is 3. The second-order valence-corrected chi connectivity index (χ2v) is 26.7. The highest BCUT2D eigenvalue weighted by Crippen LogP contribution is 2.41. The van der Waals surface area contributed by atoms with Gasteiger partial charge in [0.25, 0.3) is 0 Å². The Labute approximate surface area is 512 Å². The molecule has 21 nitrogen and oxygen atoms in total. The molecule has 472 valence electrons. The van der Waals surface area contributed by atoms with Gasteiger partial charge in [-0.2, -0.15) is 8.42 Å². The lowest BCUT2D eigenvalue weighted by atomic mass is 9.78. The highest BCUT2D eigenvalue weighted by atomic mass is 32.3. The number of benzene rings is 4. The third-order valence-electron chi connectivity index (χ3n) is 16.5. The summed E-state index contributed by atoms with van der Waals surface area (Å²) in [5.41, 5.74) is 1.51. The molecule has 0 atom stereocenters. The Bertz CT molecular complexity index is 4080. The van der Waals surface area contributed by atoms with Gasteiger partial charge in [0.2, 0.25) is 0 Å². The van der Waals surface area contributed by atoms with Crippen molar-refractivity contribution in [3.05, 3.63) is 115 Å². The quantitative estimate of drug-likeness (QED) is 0.111. The first-order valence-corrected chi connectivity index (χ1v) is 30.6. The van der Waals surface area contributed by atoms with Crippen molar-refractivity contribution < 1.29 is 105 Å². The monoisotopic (exact) mass is 1280 g/mol. The van der Waals surface area contributed by atoms with E-state index in [1.807, 2.05) is 108 Å². The van der Waals surface area contributed by atoms with Crippen molar-refractivity contribution in [2.24, 2.45) is 0 Å². The van der Waals surface area contributed by atoms with Gasteiger partial charge >= 0.3 is 60.2 Å². The molecule has 31 heteroatoms. The van der Waals surface area contributed by atoms with Crippen molar-refractivity contribution in [3.63, 3.8) is 0 Å². The molecule has 0 spiro atoms. The standard InChI is InChI=1S/C15H19BO3.C14H16BFO6S.2C14H16BFO3.2O3S/c1-10-8-11-9-12(6-7-13(11)17-10)16-18-14(2,3)15(4,5)19-16;1-13(2)14(3,4)22-15(21-13)10-7-9-5-6-19-12(9)11(8-10)20-23(16,17)18;1-13(2)14(3,4)19-15(18-13)12-8-9-7-10(16)5-6-11(9)17-12;1-13(2)14(3,4)19-15(18-13)11-8-10(16)7-9-5-6-17-12(9)11;2*1-4(2)3/h6-9H,1-5H3;5-8H,1-4H3;2*5-8H,1-4H3;;. The lowest BCUT2D eigenvalue weighted by Crippen LogP contribution is -2.41. The van der Waals surface area contributed by atoms with Crippen LogP contribution in [-0.4, -0.2) is 107 Å². The van der Waals surface area contributed by atoms with E-state index in [4.69, 9.17) is 80.2 Å². The molecule has 0 saturated carbocycles. The second kappa shape index (κ2) is 25.2. The fraction of sp³-hybridized carbons (Fsp3) is 0.439. The van der Waals surface area contributed by atoms with E-state index in [0.29, 0.717) is 43.9 Å². The molecule has 0 unspecified atom stereocenters. The summed E-state index contributed by atoms with van der Waals surface area (Å²) < 4.78 is 186. The average molecular weight is 1280 g/mol. The summed E-state index contributed by atoms with van der Waals surface area (Å²) in [6.45, 7) is 33.6. The summed E-state index contributed by atoms with van der Waals surface area (Å²) in [6, 6.07) is 23.5. The van der Waals surface area contributed by atoms with Crippen molar-refractivity contribution in [3.8, 4) is 5.75 Å². The van der Waals surface area contributed by atoms with E-state index in [1.165, 1.54) is 36.6 Å². The van der Waals surface area contributed by atoms with Gasteiger partial charge in [0.1, 0.15) is 39.8 Å². The SMILES string of the molecule is CC1(C)OB(c2cc(F)cc3ccoc23)OC1(C)C.CC1(C)OB(c2cc(OS(=O)(=O)F)c3occc3c2)OC1(C)C.CC1(C)OB(c2cc3cc(F)ccc3o2)OC1(C)C.Cc1cc2cc(B3OC(C)(C)C(C)(C)O3)ccc2o1.O=S(=O)=O.O=S(=O)=O. The van der Waals surface area contributed by atoms with Gasteiger partial charge in [-0.3, -0.25) is 0 Å². The first kappa shape index (κ1) is 69.2. The molecule has 0 bridgehead atoms. The van der Waals surface area contributed by atoms with E-state index in [-0.39, 0.29) is 41.3 Å². The minimum Gasteiger partial charge on any atom is -0.465 e. The Morgan fingerprint density at radius 2 is 0.807 bits per heavy atom. The molecule has 4 aliphatic heterocycles. The summed E-state index contributed by atoms with van der Waals surface area (Å²) in [6.07, 6.45) is 2.90. The Balaban J connectivity index is 0.000000161. The summed E-state index contributed by atoms with van der Waals surface area (Å²) in [5.74, 6) is 0.0631. The topological polar surface area (TPSA) is 272 Å². The molecule has 0 amide bonds. The first-order chi connectivity index (χ1) is 40.3. The van der Waals surface area contributed by atoms with Crippen molar-refractivity contribution in [1.29, 1.82) is 0 Å². The van der Waals surface area contributed by atoms with E-state index in [1.54, 1.807) is 36.6 Å². The van der Waals surface area contributed by atoms with Crippen LogP contribution in [0.25, 0.3) is 43.9 Å². The maximum Gasteiger partial charge on any atom is 0.532 e. The smallest absolute Gasteiger partial charge is 0.465 e. The molecule has 4 saturated heterocycles. The van der Waals surface area contributed by atoms with Crippen molar-refractivity contribution >= 4 is 126 Å². The third kappa shape index (κ3) is 15.8. The van der Waals surface area contributed by atoms with E-state index in [2.05, 4.69) is 37.9 Å². The second-order valence-electron chi connectivity index (χ2n) is 24.9. The minimum atomic E-state index is -5.17. The molecule has 4 aliphatic rings. The lowest BCUT2D eigenvalue weighted by Gasteiger charge is -2.32. The predicted molar refractivity (Wildman–Crippen MR) is 322 cm³/mol. The third-order valence-corrected chi connectivity index (χ3v) is 16.9. The number of fused-ring (bicyclic) bond motifs is 4. The molecule has 8 heterocycles. The molecule has 4 fully saturated rings. The van der Waals surface area contributed by atoms with Gasteiger partial charge in [-0.15, -0.1) is 25.3 Å². The van der Waals surface area contributed by atoms with Crippen LogP contribution in [0.3, 0.4) is 0 Å². The van der Waals surface area contributed by atoms with Crippen LogP contribution < -0.4 is 26.2 Å². The van der Waals surface area contributed by atoms with E-state index in [9.17, 15) is 21.1 Å². The fourth-order valence-corrected chi connectivity index (χ4v) is 9.34. The van der Waals surface area contributed by atoms with Crippen LogP contribution in [-0.2, 0) is 69.0 Å². The van der Waals surface area contributed by atoms with Crippen LogP contribution >= 0.6 is 0 Å². The zero-order valence-corrected chi connectivity index (χ0v) is 53.9. The Morgan fingerprint density at radius 1 is 0.420 bits per heavy atom. The highest BCUT2D eigenvalue weighted by Gasteiger charge is 2.55. The summed E-state index contributed by atoms with van der Waals surface area (Å²) in [5, 5.41) is 3.06.